The lowest BCUT2D eigenvalue weighted by Crippen LogP contribution is -2.36. The van der Waals surface area contributed by atoms with Crippen LogP contribution in [0.25, 0.3) is 17.3 Å². The zero-order valence-electron chi connectivity index (χ0n) is 15.8. The number of nitrogen functional groups attached to an aromatic ring is 1. The third kappa shape index (κ3) is 3.25. The Kier molecular flexibility index (Phi) is 4.63. The standard InChI is InChI=1S/C19H20N8O/c1-12-10-13(2)27(25-12)19-23-17(14(11-20)18(21)24-19)15-4-3-5-16(22-15)26-6-8-28-9-7-26/h3-5,10H,6-9H2,1-2H3,(H2,21,23,24). The van der Waals surface area contributed by atoms with Crippen molar-refractivity contribution in [2.24, 2.45) is 0 Å². The molecule has 0 aromatic carbocycles. The highest BCUT2D eigenvalue weighted by Gasteiger charge is 2.19. The van der Waals surface area contributed by atoms with Crippen LogP contribution in [-0.2, 0) is 4.74 Å². The lowest BCUT2D eigenvalue weighted by molar-refractivity contribution is 0.122. The molecule has 0 amide bonds. The van der Waals surface area contributed by atoms with Crippen molar-refractivity contribution in [2.45, 2.75) is 13.8 Å². The van der Waals surface area contributed by atoms with E-state index in [9.17, 15) is 5.26 Å². The number of nitrogens with zero attached hydrogens (tertiary/aromatic N) is 7. The van der Waals surface area contributed by atoms with Crippen molar-refractivity contribution in [1.29, 1.82) is 5.26 Å². The van der Waals surface area contributed by atoms with E-state index in [1.807, 2.05) is 38.1 Å². The molecule has 0 aliphatic carbocycles. The summed E-state index contributed by atoms with van der Waals surface area (Å²) in [5.41, 5.74) is 8.97. The molecule has 9 nitrogen and oxygen atoms in total. The Labute approximate surface area is 162 Å². The second-order valence-corrected chi connectivity index (χ2v) is 6.56. The fourth-order valence-corrected chi connectivity index (χ4v) is 3.21. The van der Waals surface area contributed by atoms with Gasteiger partial charge in [-0.25, -0.2) is 14.6 Å². The van der Waals surface area contributed by atoms with Gasteiger partial charge >= 0.3 is 0 Å². The zero-order chi connectivity index (χ0) is 19.7. The normalized spacial score (nSPS) is 14.1. The van der Waals surface area contributed by atoms with E-state index >= 15 is 0 Å². The number of hydrogen-bond donors (Lipinski definition) is 1. The van der Waals surface area contributed by atoms with Gasteiger partial charge in [0.15, 0.2) is 0 Å². The molecule has 2 N–H and O–H groups in total. The highest BCUT2D eigenvalue weighted by atomic mass is 16.5. The number of ether oxygens (including phenoxy) is 1. The second kappa shape index (κ2) is 7.25. The van der Waals surface area contributed by atoms with E-state index in [-0.39, 0.29) is 11.4 Å². The minimum absolute atomic E-state index is 0.105. The Morgan fingerprint density at radius 1 is 1.14 bits per heavy atom. The maximum Gasteiger partial charge on any atom is 0.253 e. The minimum Gasteiger partial charge on any atom is -0.382 e. The quantitative estimate of drug-likeness (QED) is 0.732. The summed E-state index contributed by atoms with van der Waals surface area (Å²) >= 11 is 0. The van der Waals surface area contributed by atoms with E-state index in [0.29, 0.717) is 30.5 Å². The average molecular weight is 376 g/mol. The van der Waals surface area contributed by atoms with Crippen LogP contribution in [0.3, 0.4) is 0 Å². The minimum atomic E-state index is 0.105. The highest BCUT2D eigenvalue weighted by Crippen LogP contribution is 2.26. The summed E-state index contributed by atoms with van der Waals surface area (Å²) in [6.07, 6.45) is 0. The van der Waals surface area contributed by atoms with Crippen LogP contribution in [0.4, 0.5) is 11.6 Å². The number of aryl methyl sites for hydroxylation is 2. The van der Waals surface area contributed by atoms with Gasteiger partial charge < -0.3 is 15.4 Å². The number of rotatable bonds is 3. The van der Waals surface area contributed by atoms with Gasteiger partial charge in [-0.2, -0.15) is 15.3 Å². The van der Waals surface area contributed by atoms with E-state index in [1.165, 1.54) is 0 Å². The molecule has 0 unspecified atom stereocenters. The van der Waals surface area contributed by atoms with Crippen LogP contribution in [-0.4, -0.2) is 51.0 Å². The van der Waals surface area contributed by atoms with Crippen LogP contribution in [0.1, 0.15) is 17.0 Å². The molecule has 9 heteroatoms. The van der Waals surface area contributed by atoms with Crippen molar-refractivity contribution in [3.63, 3.8) is 0 Å². The molecule has 0 atom stereocenters. The monoisotopic (exact) mass is 376 g/mol. The van der Waals surface area contributed by atoms with E-state index in [2.05, 4.69) is 26.0 Å². The summed E-state index contributed by atoms with van der Waals surface area (Å²) in [5.74, 6) is 1.24. The van der Waals surface area contributed by atoms with Gasteiger partial charge in [0.2, 0.25) is 0 Å². The molecule has 3 aromatic heterocycles. The largest absolute Gasteiger partial charge is 0.382 e. The number of nitriles is 1. The lowest BCUT2D eigenvalue weighted by Gasteiger charge is -2.28. The molecular formula is C19H20N8O. The molecule has 1 aliphatic rings. The smallest absolute Gasteiger partial charge is 0.253 e. The van der Waals surface area contributed by atoms with Crippen LogP contribution in [0.5, 0.6) is 0 Å². The van der Waals surface area contributed by atoms with Crippen molar-refractivity contribution in [1.82, 2.24) is 24.7 Å². The van der Waals surface area contributed by atoms with Gasteiger partial charge in [-0.1, -0.05) is 6.07 Å². The first-order chi connectivity index (χ1) is 13.6. The van der Waals surface area contributed by atoms with Crippen molar-refractivity contribution >= 4 is 11.6 Å². The number of hydrogen-bond acceptors (Lipinski definition) is 8. The third-order valence-corrected chi connectivity index (χ3v) is 4.55. The van der Waals surface area contributed by atoms with Crippen molar-refractivity contribution in [2.75, 3.05) is 36.9 Å². The fourth-order valence-electron chi connectivity index (χ4n) is 3.21. The molecule has 1 fully saturated rings. The van der Waals surface area contributed by atoms with Gasteiger partial charge in [-0.3, -0.25) is 0 Å². The Balaban J connectivity index is 1.83. The van der Waals surface area contributed by atoms with E-state index in [1.54, 1.807) is 4.68 Å². The summed E-state index contributed by atoms with van der Waals surface area (Å²) in [5, 5.41) is 14.0. The van der Waals surface area contributed by atoms with Gasteiger partial charge in [0.05, 0.1) is 24.6 Å². The lowest BCUT2D eigenvalue weighted by atomic mass is 10.1. The Morgan fingerprint density at radius 2 is 1.93 bits per heavy atom. The molecule has 0 bridgehead atoms. The summed E-state index contributed by atoms with van der Waals surface area (Å²) in [4.78, 5) is 15.7. The molecular weight excluding hydrogens is 356 g/mol. The molecule has 3 aromatic rings. The van der Waals surface area contributed by atoms with Crippen LogP contribution in [0.15, 0.2) is 24.3 Å². The van der Waals surface area contributed by atoms with Gasteiger partial charge in [-0.15, -0.1) is 0 Å². The van der Waals surface area contributed by atoms with E-state index in [0.717, 1.165) is 30.3 Å². The summed E-state index contributed by atoms with van der Waals surface area (Å²) in [7, 11) is 0. The zero-order valence-corrected chi connectivity index (χ0v) is 15.8. The second-order valence-electron chi connectivity index (χ2n) is 6.56. The molecule has 0 spiro atoms. The topological polar surface area (TPSA) is 119 Å². The van der Waals surface area contributed by atoms with Crippen molar-refractivity contribution < 1.29 is 4.74 Å². The van der Waals surface area contributed by atoms with E-state index < -0.39 is 0 Å². The molecule has 1 saturated heterocycles. The first-order valence-electron chi connectivity index (χ1n) is 8.98. The molecule has 4 heterocycles. The number of aromatic nitrogens is 5. The van der Waals surface area contributed by atoms with Crippen LogP contribution < -0.4 is 10.6 Å². The summed E-state index contributed by atoms with van der Waals surface area (Å²) < 4.78 is 7.02. The van der Waals surface area contributed by atoms with Gasteiger partial charge in [-0.05, 0) is 32.0 Å². The number of nitrogens with two attached hydrogens (primary N) is 1. The Bertz CT molecular complexity index is 1060. The first kappa shape index (κ1) is 17.9. The molecule has 1 aliphatic heterocycles. The van der Waals surface area contributed by atoms with Gasteiger partial charge in [0, 0.05) is 18.8 Å². The summed E-state index contributed by atoms with van der Waals surface area (Å²) in [6.45, 7) is 6.67. The predicted octanol–water partition coefficient (Wildman–Crippen LogP) is 1.63. The number of anilines is 2. The van der Waals surface area contributed by atoms with Gasteiger partial charge in [0.25, 0.3) is 5.95 Å². The maximum atomic E-state index is 9.61. The van der Waals surface area contributed by atoms with Crippen LogP contribution in [0, 0.1) is 25.2 Å². The van der Waals surface area contributed by atoms with Crippen molar-refractivity contribution in [3.8, 4) is 23.4 Å². The fraction of sp³-hybridized carbons (Fsp3) is 0.316. The Hall–Kier alpha value is -3.51. The van der Waals surface area contributed by atoms with Crippen molar-refractivity contribution in [3.05, 3.63) is 41.2 Å². The molecule has 4 rings (SSSR count). The Morgan fingerprint density at radius 3 is 2.61 bits per heavy atom. The number of morpholine rings is 1. The highest BCUT2D eigenvalue weighted by molar-refractivity contribution is 5.71. The SMILES string of the molecule is Cc1cc(C)n(-c2nc(N)c(C#N)c(-c3cccc(N4CCOCC4)n3)n2)n1. The van der Waals surface area contributed by atoms with Crippen LogP contribution in [0.2, 0.25) is 0 Å². The molecule has 142 valence electrons. The third-order valence-electron chi connectivity index (χ3n) is 4.55. The van der Waals surface area contributed by atoms with Crippen LogP contribution >= 0.6 is 0 Å². The number of pyridine rings is 1. The first-order valence-corrected chi connectivity index (χ1v) is 8.98. The molecule has 28 heavy (non-hydrogen) atoms. The molecule has 0 radical (unpaired) electrons. The predicted molar refractivity (Wildman–Crippen MR) is 104 cm³/mol. The maximum absolute atomic E-state index is 9.61. The van der Waals surface area contributed by atoms with Gasteiger partial charge in [0.1, 0.15) is 29.0 Å². The summed E-state index contributed by atoms with van der Waals surface area (Å²) in [6, 6.07) is 9.69. The van der Waals surface area contributed by atoms with E-state index in [4.69, 9.17) is 15.5 Å². The molecule has 0 saturated carbocycles. The average Bonchev–Trinajstić information content (AvgIpc) is 3.06.